The lowest BCUT2D eigenvalue weighted by molar-refractivity contribution is -0.121. The first-order chi connectivity index (χ1) is 9.63. The summed E-state index contributed by atoms with van der Waals surface area (Å²) in [4.78, 5) is 12.0. The summed E-state index contributed by atoms with van der Waals surface area (Å²) < 4.78 is 1.76. The summed E-state index contributed by atoms with van der Waals surface area (Å²) in [5, 5.41) is 4.76. The van der Waals surface area contributed by atoms with E-state index in [1.807, 2.05) is 31.6 Å². The fourth-order valence-electron chi connectivity index (χ4n) is 2.28. The molecule has 20 heavy (non-hydrogen) atoms. The second-order valence-corrected chi connectivity index (χ2v) is 5.46. The van der Waals surface area contributed by atoms with E-state index in [2.05, 4.69) is 16.0 Å². The molecule has 1 amide bonds. The summed E-state index contributed by atoms with van der Waals surface area (Å²) in [5.74, 6) is 0.301. The number of rotatable bonds is 4. The van der Waals surface area contributed by atoms with Gasteiger partial charge >= 0.3 is 0 Å². The van der Waals surface area contributed by atoms with Crippen LogP contribution in [-0.2, 0) is 11.8 Å². The van der Waals surface area contributed by atoms with Gasteiger partial charge < -0.3 is 0 Å². The zero-order valence-corrected chi connectivity index (χ0v) is 11.8. The van der Waals surface area contributed by atoms with Gasteiger partial charge in [-0.15, -0.1) is 0 Å². The third-order valence-electron chi connectivity index (χ3n) is 3.43. The summed E-state index contributed by atoms with van der Waals surface area (Å²) in [7, 11) is 1.88. The first-order valence-corrected chi connectivity index (χ1v) is 6.81. The first kappa shape index (κ1) is 13.0. The van der Waals surface area contributed by atoms with Gasteiger partial charge in [-0.25, -0.2) is 0 Å². The van der Waals surface area contributed by atoms with Crippen LogP contribution in [0.15, 0.2) is 36.7 Å². The SMILES string of the molecule is Cn1cc([C@@H]2C[C@@H]2C(=O)NNc2cccc(Cl)c2)cn1. The van der Waals surface area contributed by atoms with Crippen molar-refractivity contribution in [3.05, 3.63) is 47.2 Å². The molecule has 1 aromatic heterocycles. The van der Waals surface area contributed by atoms with Crippen molar-refractivity contribution in [2.45, 2.75) is 12.3 Å². The maximum atomic E-state index is 12.0. The molecule has 0 aliphatic heterocycles. The Kier molecular flexibility index (Phi) is 3.36. The Morgan fingerprint density at radius 2 is 2.35 bits per heavy atom. The second-order valence-electron chi connectivity index (χ2n) is 5.02. The van der Waals surface area contributed by atoms with Gasteiger partial charge in [-0.2, -0.15) is 5.10 Å². The minimum absolute atomic E-state index is 0.00108. The van der Waals surface area contributed by atoms with Crippen LogP contribution in [0, 0.1) is 5.92 Å². The van der Waals surface area contributed by atoms with E-state index in [-0.39, 0.29) is 17.7 Å². The average molecular weight is 291 g/mol. The number of carbonyl (C=O) groups is 1. The zero-order valence-electron chi connectivity index (χ0n) is 11.0. The highest BCUT2D eigenvalue weighted by molar-refractivity contribution is 6.30. The van der Waals surface area contributed by atoms with E-state index in [9.17, 15) is 4.79 Å². The molecule has 2 N–H and O–H groups in total. The minimum atomic E-state index is -0.00108. The molecule has 1 fully saturated rings. The van der Waals surface area contributed by atoms with E-state index in [0.717, 1.165) is 17.7 Å². The van der Waals surface area contributed by atoms with Crippen molar-refractivity contribution in [1.29, 1.82) is 0 Å². The molecule has 0 spiro atoms. The first-order valence-electron chi connectivity index (χ1n) is 6.43. The Morgan fingerprint density at radius 1 is 1.50 bits per heavy atom. The number of nitrogens with zero attached hydrogens (tertiary/aromatic N) is 2. The predicted octanol–water partition coefficient (Wildman–Crippen LogP) is 2.32. The molecule has 0 saturated heterocycles. The monoisotopic (exact) mass is 290 g/mol. The number of benzene rings is 1. The Morgan fingerprint density at radius 3 is 3.05 bits per heavy atom. The number of nitrogens with one attached hydrogen (secondary N) is 2. The Balaban J connectivity index is 1.54. The predicted molar refractivity (Wildman–Crippen MR) is 77.3 cm³/mol. The van der Waals surface area contributed by atoms with Crippen molar-refractivity contribution < 1.29 is 4.79 Å². The maximum absolute atomic E-state index is 12.0. The fraction of sp³-hybridized carbons (Fsp3) is 0.286. The second kappa shape index (κ2) is 5.17. The molecule has 6 heteroatoms. The molecule has 1 aliphatic carbocycles. The number of aromatic nitrogens is 2. The molecule has 104 valence electrons. The van der Waals surface area contributed by atoms with Crippen LogP contribution in [0.3, 0.4) is 0 Å². The summed E-state index contributed by atoms with van der Waals surface area (Å²) >= 11 is 5.88. The van der Waals surface area contributed by atoms with E-state index in [0.29, 0.717) is 5.02 Å². The number of halogens is 1. The standard InChI is InChI=1S/C14H15ClN4O/c1-19-8-9(7-16-19)12-6-13(12)14(20)18-17-11-4-2-3-10(15)5-11/h2-5,7-8,12-13,17H,6H2,1H3,(H,18,20)/t12-,13-/m0/s1. The van der Waals surface area contributed by atoms with E-state index < -0.39 is 0 Å². The number of hydrogen-bond donors (Lipinski definition) is 2. The van der Waals surface area contributed by atoms with Crippen molar-refractivity contribution in [3.8, 4) is 0 Å². The Hall–Kier alpha value is -2.01. The van der Waals surface area contributed by atoms with Gasteiger partial charge in [0.05, 0.1) is 11.9 Å². The molecule has 0 unspecified atom stereocenters. The van der Waals surface area contributed by atoms with E-state index in [1.54, 1.807) is 16.8 Å². The summed E-state index contributed by atoms with van der Waals surface area (Å²) in [5.41, 5.74) is 7.49. The van der Waals surface area contributed by atoms with Crippen LogP contribution in [0.2, 0.25) is 5.02 Å². The van der Waals surface area contributed by atoms with Gasteiger partial charge in [0.1, 0.15) is 0 Å². The van der Waals surface area contributed by atoms with Crippen molar-refractivity contribution in [1.82, 2.24) is 15.2 Å². The van der Waals surface area contributed by atoms with Crippen LogP contribution in [0.1, 0.15) is 17.9 Å². The van der Waals surface area contributed by atoms with E-state index >= 15 is 0 Å². The van der Waals surface area contributed by atoms with Gasteiger partial charge in [0.25, 0.3) is 0 Å². The third-order valence-corrected chi connectivity index (χ3v) is 3.67. The molecule has 1 aromatic carbocycles. The van der Waals surface area contributed by atoms with Gasteiger partial charge in [-0.05, 0) is 36.1 Å². The quantitative estimate of drug-likeness (QED) is 0.850. The van der Waals surface area contributed by atoms with Gasteiger partial charge in [0.2, 0.25) is 5.91 Å². The van der Waals surface area contributed by atoms with Crippen molar-refractivity contribution in [2.75, 3.05) is 5.43 Å². The van der Waals surface area contributed by atoms with E-state index in [1.165, 1.54) is 0 Å². The summed E-state index contributed by atoms with van der Waals surface area (Å²) in [6.45, 7) is 0. The number of amides is 1. The van der Waals surface area contributed by atoms with Crippen LogP contribution < -0.4 is 10.9 Å². The van der Waals surface area contributed by atoms with Crippen LogP contribution in [0.4, 0.5) is 5.69 Å². The van der Waals surface area contributed by atoms with E-state index in [4.69, 9.17) is 11.6 Å². The minimum Gasteiger partial charge on any atom is -0.299 e. The van der Waals surface area contributed by atoms with Crippen LogP contribution in [0.25, 0.3) is 0 Å². The lowest BCUT2D eigenvalue weighted by atomic mass is 10.2. The Labute approximate surface area is 121 Å². The molecule has 2 aromatic rings. The van der Waals surface area contributed by atoms with Crippen LogP contribution in [0.5, 0.6) is 0 Å². The molecule has 2 atom stereocenters. The number of anilines is 1. The fourth-order valence-corrected chi connectivity index (χ4v) is 2.47. The average Bonchev–Trinajstić information content (AvgIpc) is 3.12. The van der Waals surface area contributed by atoms with Gasteiger partial charge in [-0.3, -0.25) is 20.3 Å². The highest BCUT2D eigenvalue weighted by Gasteiger charge is 2.44. The van der Waals surface area contributed by atoms with Crippen molar-refractivity contribution in [2.24, 2.45) is 13.0 Å². The van der Waals surface area contributed by atoms with Crippen molar-refractivity contribution in [3.63, 3.8) is 0 Å². The molecule has 3 rings (SSSR count). The summed E-state index contributed by atoms with van der Waals surface area (Å²) in [6, 6.07) is 7.21. The smallest absolute Gasteiger partial charge is 0.242 e. The molecule has 0 bridgehead atoms. The molecule has 1 heterocycles. The molecule has 1 saturated carbocycles. The van der Waals surface area contributed by atoms with Gasteiger partial charge in [-0.1, -0.05) is 17.7 Å². The molecular formula is C14H15ClN4O. The molecule has 1 aliphatic rings. The molecule has 5 nitrogen and oxygen atoms in total. The number of carbonyl (C=O) groups excluding carboxylic acids is 1. The molecule has 0 radical (unpaired) electrons. The lowest BCUT2D eigenvalue weighted by Crippen LogP contribution is -2.31. The van der Waals surface area contributed by atoms with Gasteiger partial charge in [0, 0.05) is 24.2 Å². The van der Waals surface area contributed by atoms with Gasteiger partial charge in [0.15, 0.2) is 0 Å². The van der Waals surface area contributed by atoms with Crippen molar-refractivity contribution >= 4 is 23.2 Å². The Bertz CT molecular complexity index is 640. The normalized spacial score (nSPS) is 20.5. The highest BCUT2D eigenvalue weighted by Crippen LogP contribution is 2.47. The topological polar surface area (TPSA) is 59.0 Å². The largest absolute Gasteiger partial charge is 0.299 e. The number of hydrogen-bond acceptors (Lipinski definition) is 3. The van der Waals surface area contributed by atoms with Crippen LogP contribution in [-0.4, -0.2) is 15.7 Å². The van der Waals surface area contributed by atoms with Crippen LogP contribution >= 0.6 is 11.6 Å². The lowest BCUT2D eigenvalue weighted by Gasteiger charge is -2.08. The zero-order chi connectivity index (χ0) is 14.1. The summed E-state index contributed by atoms with van der Waals surface area (Å²) in [6.07, 6.45) is 4.65. The number of aryl methyl sites for hydroxylation is 1. The highest BCUT2D eigenvalue weighted by atomic mass is 35.5. The molecular weight excluding hydrogens is 276 g/mol. The maximum Gasteiger partial charge on any atom is 0.242 e. The number of hydrazine groups is 1. The third kappa shape index (κ3) is 2.77.